The number of nitrogens with zero attached hydrogens (tertiary/aromatic N) is 3. The highest BCUT2D eigenvalue weighted by molar-refractivity contribution is 5.96. The molecule has 1 aliphatic heterocycles. The Labute approximate surface area is 134 Å². The van der Waals surface area contributed by atoms with Crippen molar-refractivity contribution in [1.82, 2.24) is 9.58 Å². The van der Waals surface area contributed by atoms with Gasteiger partial charge in [0.1, 0.15) is 6.67 Å². The van der Waals surface area contributed by atoms with E-state index in [1.54, 1.807) is 9.58 Å². The van der Waals surface area contributed by atoms with E-state index in [2.05, 4.69) is 0 Å². The Morgan fingerprint density at radius 3 is 2.48 bits per heavy atom. The van der Waals surface area contributed by atoms with Gasteiger partial charge in [-0.3, -0.25) is 19.3 Å². The molecule has 0 spiro atoms. The molecule has 23 heavy (non-hydrogen) atoms. The third-order valence-electron chi connectivity index (χ3n) is 3.97. The first kappa shape index (κ1) is 15.1. The van der Waals surface area contributed by atoms with Crippen molar-refractivity contribution >= 4 is 5.91 Å². The molecule has 6 heteroatoms. The molecular weight excluding hydrogens is 294 g/mol. The molecule has 0 radical (unpaired) electrons. The molecule has 0 saturated heterocycles. The Morgan fingerprint density at radius 2 is 1.83 bits per heavy atom. The van der Waals surface area contributed by atoms with Gasteiger partial charge in [0.25, 0.3) is 5.91 Å². The zero-order valence-corrected chi connectivity index (χ0v) is 13.1. The fourth-order valence-electron chi connectivity index (χ4n) is 2.71. The Balaban J connectivity index is 2.07. The minimum Gasteiger partial charge on any atom is -0.502 e. The number of hydrogen-bond acceptors (Lipinski definition) is 4. The van der Waals surface area contributed by atoms with Crippen LogP contribution in [0.4, 0.5) is 0 Å². The van der Waals surface area contributed by atoms with Gasteiger partial charge in [0.15, 0.2) is 11.4 Å². The topological polar surface area (TPSA) is 65.8 Å². The Kier molecular flexibility index (Phi) is 3.82. The number of aromatic hydroxyl groups is 1. The summed E-state index contributed by atoms with van der Waals surface area (Å²) in [6.07, 6.45) is 1.54. The van der Waals surface area contributed by atoms with Gasteiger partial charge in [-0.1, -0.05) is 30.3 Å². The number of carbonyl (C=O) groups excluding carboxylic acids is 1. The predicted octanol–water partition coefficient (Wildman–Crippen LogP) is 1.51. The normalized spacial score (nSPS) is 14.3. The predicted molar refractivity (Wildman–Crippen MR) is 86.9 cm³/mol. The van der Waals surface area contributed by atoms with E-state index in [1.807, 2.05) is 49.2 Å². The summed E-state index contributed by atoms with van der Waals surface area (Å²) in [5.41, 5.74) is 0.554. The number of pyridine rings is 1. The molecule has 0 aliphatic carbocycles. The molecule has 0 atom stereocenters. The van der Waals surface area contributed by atoms with Gasteiger partial charge >= 0.3 is 0 Å². The minimum absolute atomic E-state index is 0.0216. The van der Waals surface area contributed by atoms with E-state index >= 15 is 0 Å². The van der Waals surface area contributed by atoms with Gasteiger partial charge in [-0.05, 0) is 19.4 Å². The average molecular weight is 313 g/mol. The number of amides is 1. The number of benzene rings is 1. The third kappa shape index (κ3) is 2.67. The van der Waals surface area contributed by atoms with Gasteiger partial charge in [0.2, 0.25) is 5.43 Å². The fraction of sp³-hybridized carbons (Fsp3) is 0.294. The number of rotatable bonds is 3. The van der Waals surface area contributed by atoms with Crippen LogP contribution in [-0.4, -0.2) is 33.3 Å². The minimum atomic E-state index is -0.546. The van der Waals surface area contributed by atoms with Crippen LogP contribution in [0.3, 0.4) is 0 Å². The van der Waals surface area contributed by atoms with Crippen molar-refractivity contribution < 1.29 is 9.90 Å². The van der Waals surface area contributed by atoms with Crippen LogP contribution in [0.25, 0.3) is 0 Å². The van der Waals surface area contributed by atoms with Gasteiger partial charge in [-0.15, -0.1) is 0 Å². The standard InChI is InChI=1S/C17H19N3O3/c1-12(2)19-11-18(10-13-6-4-3-5-7-13)20-9-8-14(21)16(22)15(20)17(19)23/h3-9,12,22H,10-11H2,1-2H3. The van der Waals surface area contributed by atoms with Crippen LogP contribution in [0, 0.1) is 0 Å². The van der Waals surface area contributed by atoms with Crippen LogP contribution >= 0.6 is 0 Å². The van der Waals surface area contributed by atoms with E-state index in [1.165, 1.54) is 12.3 Å². The Hall–Kier alpha value is -2.76. The number of carbonyl (C=O) groups is 1. The number of hydrogen-bond donors (Lipinski definition) is 1. The summed E-state index contributed by atoms with van der Waals surface area (Å²) in [6.45, 7) is 4.77. The maximum atomic E-state index is 12.6. The van der Waals surface area contributed by atoms with Gasteiger partial charge in [-0.25, -0.2) is 0 Å². The maximum absolute atomic E-state index is 12.6. The van der Waals surface area contributed by atoms with E-state index in [-0.39, 0.29) is 17.6 Å². The molecule has 0 fully saturated rings. The van der Waals surface area contributed by atoms with E-state index in [0.717, 1.165) is 5.56 Å². The number of fused-ring (bicyclic) bond motifs is 1. The van der Waals surface area contributed by atoms with E-state index < -0.39 is 11.2 Å². The van der Waals surface area contributed by atoms with E-state index in [4.69, 9.17) is 0 Å². The zero-order valence-electron chi connectivity index (χ0n) is 13.1. The van der Waals surface area contributed by atoms with Crippen molar-refractivity contribution in [2.24, 2.45) is 0 Å². The van der Waals surface area contributed by atoms with E-state index in [9.17, 15) is 14.7 Å². The molecule has 2 heterocycles. The van der Waals surface area contributed by atoms with Crippen molar-refractivity contribution in [3.63, 3.8) is 0 Å². The van der Waals surface area contributed by atoms with Crippen molar-refractivity contribution in [1.29, 1.82) is 0 Å². The largest absolute Gasteiger partial charge is 0.502 e. The van der Waals surface area contributed by atoms with Crippen LogP contribution in [0.2, 0.25) is 0 Å². The lowest BCUT2D eigenvalue weighted by atomic mass is 10.2. The van der Waals surface area contributed by atoms with Crippen molar-refractivity contribution in [3.05, 3.63) is 64.1 Å². The van der Waals surface area contributed by atoms with Crippen molar-refractivity contribution in [3.8, 4) is 5.75 Å². The Bertz CT molecular complexity index is 783. The highest BCUT2D eigenvalue weighted by Gasteiger charge is 2.33. The van der Waals surface area contributed by atoms with E-state index in [0.29, 0.717) is 13.2 Å². The quantitative estimate of drug-likeness (QED) is 0.933. The molecule has 1 N–H and O–H groups in total. The lowest BCUT2D eigenvalue weighted by molar-refractivity contribution is 0.0628. The number of aromatic nitrogens is 1. The second kappa shape index (κ2) is 5.79. The molecule has 1 amide bonds. The van der Waals surface area contributed by atoms with Gasteiger partial charge < -0.3 is 10.0 Å². The first-order chi connectivity index (χ1) is 11.0. The second-order valence-electron chi connectivity index (χ2n) is 5.88. The van der Waals surface area contributed by atoms with Crippen molar-refractivity contribution in [2.45, 2.75) is 26.4 Å². The molecule has 1 aliphatic rings. The van der Waals surface area contributed by atoms with Gasteiger partial charge in [-0.2, -0.15) is 0 Å². The lowest BCUT2D eigenvalue weighted by Crippen LogP contribution is -2.55. The monoisotopic (exact) mass is 313 g/mol. The first-order valence-corrected chi connectivity index (χ1v) is 7.54. The third-order valence-corrected chi connectivity index (χ3v) is 3.97. The van der Waals surface area contributed by atoms with Crippen LogP contribution in [-0.2, 0) is 6.54 Å². The smallest absolute Gasteiger partial charge is 0.278 e. The molecule has 3 rings (SSSR count). The Morgan fingerprint density at radius 1 is 1.13 bits per heavy atom. The molecule has 1 aromatic heterocycles. The zero-order chi connectivity index (χ0) is 16.6. The molecule has 6 nitrogen and oxygen atoms in total. The highest BCUT2D eigenvalue weighted by atomic mass is 16.3. The summed E-state index contributed by atoms with van der Waals surface area (Å²) >= 11 is 0. The summed E-state index contributed by atoms with van der Waals surface area (Å²) < 4.78 is 1.57. The maximum Gasteiger partial charge on any atom is 0.278 e. The molecule has 0 unspecified atom stereocenters. The second-order valence-corrected chi connectivity index (χ2v) is 5.88. The van der Waals surface area contributed by atoms with Gasteiger partial charge in [0.05, 0.1) is 6.54 Å². The van der Waals surface area contributed by atoms with Crippen LogP contribution < -0.4 is 10.4 Å². The summed E-state index contributed by atoms with van der Waals surface area (Å²) in [6, 6.07) is 11.1. The highest BCUT2D eigenvalue weighted by Crippen LogP contribution is 2.22. The van der Waals surface area contributed by atoms with Crippen LogP contribution in [0.1, 0.15) is 29.9 Å². The van der Waals surface area contributed by atoms with Crippen LogP contribution in [0.15, 0.2) is 47.4 Å². The van der Waals surface area contributed by atoms with Crippen molar-refractivity contribution in [2.75, 3.05) is 11.7 Å². The average Bonchev–Trinajstić information content (AvgIpc) is 2.53. The molecule has 1 aromatic carbocycles. The molecule has 0 saturated carbocycles. The fourth-order valence-corrected chi connectivity index (χ4v) is 2.71. The van der Waals surface area contributed by atoms with Gasteiger partial charge in [0, 0.05) is 18.3 Å². The summed E-state index contributed by atoms with van der Waals surface area (Å²) in [5, 5.41) is 12.0. The SMILES string of the molecule is CC(C)N1CN(Cc2ccccc2)n2ccc(=O)c(O)c2C1=O. The molecule has 120 valence electrons. The summed E-state index contributed by atoms with van der Waals surface area (Å²) in [4.78, 5) is 26.0. The first-order valence-electron chi connectivity index (χ1n) is 7.54. The molecule has 2 aromatic rings. The lowest BCUT2D eigenvalue weighted by Gasteiger charge is -2.41. The molecule has 0 bridgehead atoms. The summed E-state index contributed by atoms with van der Waals surface area (Å²) in [7, 11) is 0. The molecular formula is C17H19N3O3. The summed E-state index contributed by atoms with van der Waals surface area (Å²) in [5.74, 6) is -0.833. The van der Waals surface area contributed by atoms with Crippen LogP contribution in [0.5, 0.6) is 5.75 Å².